The molecule has 6 heteroatoms. The lowest BCUT2D eigenvalue weighted by Crippen LogP contribution is -2.27. The summed E-state index contributed by atoms with van der Waals surface area (Å²) in [6, 6.07) is 6.11. The summed E-state index contributed by atoms with van der Waals surface area (Å²) in [5.74, 6) is 0.0315. The van der Waals surface area contributed by atoms with Crippen LogP contribution in [0.4, 0.5) is 0 Å². The summed E-state index contributed by atoms with van der Waals surface area (Å²) in [5, 5.41) is 1.17. The Kier molecular flexibility index (Phi) is 5.64. The number of rotatable bonds is 4. The molecular weight excluding hydrogens is 444 g/mol. The molecule has 1 amide bonds. The quantitative estimate of drug-likeness (QED) is 0.451. The van der Waals surface area contributed by atoms with E-state index in [-0.39, 0.29) is 11.7 Å². The average molecular weight is 477 g/mol. The van der Waals surface area contributed by atoms with Crippen molar-refractivity contribution in [1.82, 2.24) is 9.88 Å². The second kappa shape index (κ2) is 8.28. The highest BCUT2D eigenvalue weighted by atomic mass is 32.1. The standard InChI is InChI=1S/C28H32N2O3S/c1-15-22(25(16(2)31)33-28(3,4)5)23(17-11-12-19-18(13-17)14-30(6)27(19)32)24-20-9-7-8-10-21(20)34-26(24)29-15/h11-13,25H,7-10,14H2,1-6H3/t25-/m1/s1. The first-order chi connectivity index (χ1) is 16.0. The van der Waals surface area contributed by atoms with Crippen molar-refractivity contribution in [3.8, 4) is 11.1 Å². The smallest absolute Gasteiger partial charge is 0.254 e. The highest BCUT2D eigenvalue weighted by Crippen LogP contribution is 2.46. The predicted molar refractivity (Wildman–Crippen MR) is 136 cm³/mol. The Labute approximate surface area is 205 Å². The predicted octanol–water partition coefficient (Wildman–Crippen LogP) is 6.18. The molecule has 0 spiro atoms. The molecule has 0 unspecified atom stereocenters. The van der Waals surface area contributed by atoms with E-state index in [0.29, 0.717) is 6.54 Å². The molecule has 5 nitrogen and oxygen atoms in total. The van der Waals surface area contributed by atoms with E-state index in [1.165, 1.54) is 28.7 Å². The molecular formula is C28H32N2O3S. The Balaban J connectivity index is 1.83. The monoisotopic (exact) mass is 476 g/mol. The molecule has 1 aromatic carbocycles. The van der Waals surface area contributed by atoms with Gasteiger partial charge in [-0.15, -0.1) is 11.3 Å². The number of thiophene rings is 1. The lowest BCUT2D eigenvalue weighted by atomic mass is 9.86. The minimum absolute atomic E-state index is 0.0272. The molecule has 5 rings (SSSR count). The van der Waals surface area contributed by atoms with E-state index in [2.05, 4.69) is 6.07 Å². The summed E-state index contributed by atoms with van der Waals surface area (Å²) in [5.41, 5.74) is 6.45. The molecule has 178 valence electrons. The summed E-state index contributed by atoms with van der Waals surface area (Å²) < 4.78 is 6.38. The van der Waals surface area contributed by atoms with Gasteiger partial charge in [-0.1, -0.05) is 6.07 Å². The fourth-order valence-corrected chi connectivity index (χ4v) is 6.67. The van der Waals surface area contributed by atoms with Gasteiger partial charge in [-0.2, -0.15) is 0 Å². The van der Waals surface area contributed by atoms with Gasteiger partial charge in [-0.25, -0.2) is 4.98 Å². The van der Waals surface area contributed by atoms with Gasteiger partial charge >= 0.3 is 0 Å². The van der Waals surface area contributed by atoms with E-state index < -0.39 is 11.7 Å². The van der Waals surface area contributed by atoms with Gasteiger partial charge in [0.2, 0.25) is 0 Å². The summed E-state index contributed by atoms with van der Waals surface area (Å²) in [4.78, 5) is 34.7. The zero-order valence-corrected chi connectivity index (χ0v) is 21.7. The van der Waals surface area contributed by atoms with Crippen LogP contribution < -0.4 is 0 Å². The Bertz CT molecular complexity index is 1330. The molecule has 0 radical (unpaired) electrons. The van der Waals surface area contributed by atoms with Gasteiger partial charge in [0.05, 0.1) is 5.60 Å². The van der Waals surface area contributed by atoms with Crippen molar-refractivity contribution in [1.29, 1.82) is 0 Å². The summed E-state index contributed by atoms with van der Waals surface area (Å²) in [6.45, 7) is 10.1. The zero-order chi connectivity index (χ0) is 24.4. The van der Waals surface area contributed by atoms with Gasteiger partial charge in [0, 0.05) is 46.2 Å². The van der Waals surface area contributed by atoms with Crippen molar-refractivity contribution in [2.75, 3.05) is 7.05 Å². The number of amides is 1. The van der Waals surface area contributed by atoms with E-state index in [4.69, 9.17) is 9.72 Å². The summed E-state index contributed by atoms with van der Waals surface area (Å²) in [7, 11) is 1.83. The van der Waals surface area contributed by atoms with Crippen LogP contribution in [0.2, 0.25) is 0 Å². The third kappa shape index (κ3) is 3.87. The number of carbonyl (C=O) groups is 2. The number of benzene rings is 1. The third-order valence-electron chi connectivity index (χ3n) is 6.81. The van der Waals surface area contributed by atoms with Crippen LogP contribution in [0.1, 0.15) is 84.3 Å². The van der Waals surface area contributed by atoms with Crippen LogP contribution in [0.25, 0.3) is 21.3 Å². The van der Waals surface area contributed by atoms with Gasteiger partial charge in [0.25, 0.3) is 5.91 Å². The van der Waals surface area contributed by atoms with Gasteiger partial charge in [0.15, 0.2) is 5.78 Å². The molecule has 2 aliphatic rings. The van der Waals surface area contributed by atoms with E-state index >= 15 is 0 Å². The van der Waals surface area contributed by atoms with Crippen LogP contribution >= 0.6 is 11.3 Å². The van der Waals surface area contributed by atoms with E-state index in [1.807, 2.05) is 46.9 Å². The number of carbonyl (C=O) groups excluding carboxylic acids is 2. The lowest BCUT2D eigenvalue weighted by molar-refractivity contribution is -0.138. The van der Waals surface area contributed by atoms with Crippen LogP contribution in [0, 0.1) is 6.92 Å². The van der Waals surface area contributed by atoms with Crippen molar-refractivity contribution >= 4 is 33.2 Å². The first-order valence-electron chi connectivity index (χ1n) is 12.1. The number of hydrogen-bond donors (Lipinski definition) is 0. The minimum Gasteiger partial charge on any atom is -0.360 e. The zero-order valence-electron chi connectivity index (χ0n) is 20.9. The SMILES string of the molecule is CC(=O)[C@@H](OC(C)(C)C)c1c(C)nc2sc3c(c2c1-c1ccc2c(c1)CN(C)C2=O)CCCC3. The number of ketones is 1. The minimum atomic E-state index is -0.705. The molecule has 0 fully saturated rings. The topological polar surface area (TPSA) is 59.5 Å². The Morgan fingerprint density at radius 2 is 1.94 bits per heavy atom. The number of aryl methyl sites for hydroxylation is 3. The number of pyridine rings is 1. The van der Waals surface area contributed by atoms with Gasteiger partial charge in [-0.05, 0) is 89.1 Å². The Morgan fingerprint density at radius 3 is 2.65 bits per heavy atom. The van der Waals surface area contributed by atoms with Gasteiger partial charge in [0.1, 0.15) is 10.9 Å². The number of nitrogens with zero attached hydrogens (tertiary/aromatic N) is 2. The van der Waals surface area contributed by atoms with Crippen molar-refractivity contribution in [3.05, 3.63) is 51.0 Å². The molecule has 0 N–H and O–H groups in total. The van der Waals surface area contributed by atoms with Crippen molar-refractivity contribution < 1.29 is 14.3 Å². The first-order valence-corrected chi connectivity index (χ1v) is 12.9. The van der Waals surface area contributed by atoms with Crippen LogP contribution in [0.5, 0.6) is 0 Å². The van der Waals surface area contributed by atoms with Crippen molar-refractivity contribution in [3.63, 3.8) is 0 Å². The second-order valence-electron chi connectivity index (χ2n) is 10.6. The normalized spacial score (nSPS) is 16.6. The van der Waals surface area contributed by atoms with Crippen LogP contribution in [-0.2, 0) is 28.9 Å². The van der Waals surface area contributed by atoms with Crippen LogP contribution in [-0.4, -0.2) is 34.2 Å². The summed E-state index contributed by atoms with van der Waals surface area (Å²) >= 11 is 1.79. The average Bonchev–Trinajstić information content (AvgIpc) is 3.26. The Hall–Kier alpha value is -2.57. The van der Waals surface area contributed by atoms with E-state index in [0.717, 1.165) is 51.2 Å². The molecule has 2 aromatic heterocycles. The third-order valence-corrected chi connectivity index (χ3v) is 8.00. The maximum atomic E-state index is 13.0. The second-order valence-corrected chi connectivity index (χ2v) is 11.7. The number of fused-ring (bicyclic) bond motifs is 4. The summed E-state index contributed by atoms with van der Waals surface area (Å²) in [6.07, 6.45) is 3.78. The molecule has 0 saturated carbocycles. The lowest BCUT2D eigenvalue weighted by Gasteiger charge is -2.29. The number of aromatic nitrogens is 1. The molecule has 1 aliphatic heterocycles. The number of hydrogen-bond acceptors (Lipinski definition) is 5. The van der Waals surface area contributed by atoms with E-state index in [1.54, 1.807) is 23.2 Å². The van der Waals surface area contributed by atoms with Crippen molar-refractivity contribution in [2.24, 2.45) is 0 Å². The van der Waals surface area contributed by atoms with Crippen LogP contribution in [0.3, 0.4) is 0 Å². The van der Waals surface area contributed by atoms with Gasteiger partial charge < -0.3 is 9.64 Å². The molecule has 3 aromatic rings. The fraction of sp³-hybridized carbons (Fsp3) is 0.464. The van der Waals surface area contributed by atoms with E-state index in [9.17, 15) is 9.59 Å². The molecule has 3 heterocycles. The molecule has 1 aliphatic carbocycles. The maximum Gasteiger partial charge on any atom is 0.254 e. The largest absolute Gasteiger partial charge is 0.360 e. The molecule has 34 heavy (non-hydrogen) atoms. The molecule has 0 saturated heterocycles. The Morgan fingerprint density at radius 1 is 1.21 bits per heavy atom. The van der Waals surface area contributed by atoms with Crippen LogP contribution in [0.15, 0.2) is 18.2 Å². The molecule has 0 bridgehead atoms. The van der Waals surface area contributed by atoms with Crippen molar-refractivity contribution in [2.45, 2.75) is 78.6 Å². The number of ether oxygens (including phenoxy) is 1. The molecule has 1 atom stereocenters. The van der Waals surface area contributed by atoms with Gasteiger partial charge in [-0.3, -0.25) is 9.59 Å². The fourth-order valence-electron chi connectivity index (χ4n) is 5.36. The maximum absolute atomic E-state index is 13.0. The first kappa shape index (κ1) is 23.2. The highest BCUT2D eigenvalue weighted by Gasteiger charge is 2.33. The highest BCUT2D eigenvalue weighted by molar-refractivity contribution is 7.19. The number of Topliss-reactive ketones (excluding diaryl/α,β-unsaturated/α-hetero) is 1.